The Morgan fingerprint density at radius 3 is 2.12 bits per heavy atom. The number of hydrogen-bond acceptors (Lipinski definition) is 3. The third-order valence-electron chi connectivity index (χ3n) is 3.89. The van der Waals surface area contributed by atoms with Gasteiger partial charge in [0, 0.05) is 0 Å². The fourth-order valence-corrected chi connectivity index (χ4v) is 2.61. The van der Waals surface area contributed by atoms with Gasteiger partial charge in [-0.2, -0.15) is 0 Å². The van der Waals surface area contributed by atoms with Crippen LogP contribution in [0.2, 0.25) is 0 Å². The summed E-state index contributed by atoms with van der Waals surface area (Å²) in [5.41, 5.74) is 0.335. The van der Waals surface area contributed by atoms with E-state index >= 15 is 0 Å². The van der Waals surface area contributed by atoms with Crippen LogP contribution in [0.3, 0.4) is 0 Å². The second-order valence-electron chi connectivity index (χ2n) is 5.95. The van der Waals surface area contributed by atoms with Crippen molar-refractivity contribution in [2.24, 2.45) is 17.3 Å². The van der Waals surface area contributed by atoms with E-state index in [-0.39, 0.29) is 5.92 Å². The fourth-order valence-electron chi connectivity index (χ4n) is 2.61. The van der Waals surface area contributed by atoms with Gasteiger partial charge in [0.1, 0.15) is 0 Å². The Kier molecular flexibility index (Phi) is 4.36. The molecule has 1 aliphatic carbocycles. The highest BCUT2D eigenvalue weighted by atomic mass is 16.5. The minimum Gasteiger partial charge on any atom is -0.467 e. The molecular formula is C13H24O3. The Balaban J connectivity index is 2.46. The highest BCUT2D eigenvalue weighted by molar-refractivity contribution is 5.74. The summed E-state index contributed by atoms with van der Waals surface area (Å²) in [7, 11) is 1.33. The molecule has 0 aliphatic heterocycles. The number of rotatable bonds is 2. The molecule has 94 valence electrons. The molecule has 1 aliphatic rings. The van der Waals surface area contributed by atoms with Gasteiger partial charge in [-0.3, -0.25) is 0 Å². The van der Waals surface area contributed by atoms with E-state index in [0.717, 1.165) is 25.7 Å². The quantitative estimate of drug-likeness (QED) is 0.738. The monoisotopic (exact) mass is 228 g/mol. The molecule has 0 aromatic carbocycles. The van der Waals surface area contributed by atoms with Gasteiger partial charge in [-0.15, -0.1) is 0 Å². The Labute approximate surface area is 98.2 Å². The molecule has 0 amide bonds. The van der Waals surface area contributed by atoms with Crippen LogP contribution in [0.1, 0.15) is 46.5 Å². The summed E-state index contributed by atoms with van der Waals surface area (Å²) < 4.78 is 4.57. The SMILES string of the molecule is COC(=O)C(O)C1CCC(C(C)(C)C)CC1. The lowest BCUT2D eigenvalue weighted by molar-refractivity contribution is -0.154. The Bertz CT molecular complexity index is 234. The molecule has 0 spiro atoms. The van der Waals surface area contributed by atoms with Gasteiger partial charge < -0.3 is 9.84 Å². The lowest BCUT2D eigenvalue weighted by atomic mass is 9.69. The number of esters is 1. The Morgan fingerprint density at radius 2 is 1.75 bits per heavy atom. The van der Waals surface area contributed by atoms with Crippen molar-refractivity contribution in [3.8, 4) is 0 Å². The predicted octanol–water partition coefficient (Wildman–Crippen LogP) is 2.37. The molecule has 0 aromatic heterocycles. The standard InChI is InChI=1S/C13H24O3/c1-13(2,3)10-7-5-9(6-8-10)11(14)12(15)16-4/h9-11,14H,5-8H2,1-4H3. The Morgan fingerprint density at radius 1 is 1.25 bits per heavy atom. The minimum atomic E-state index is -0.925. The lowest BCUT2D eigenvalue weighted by Gasteiger charge is -2.37. The number of carbonyl (C=O) groups excluding carboxylic acids is 1. The number of hydrogen-bond donors (Lipinski definition) is 1. The summed E-state index contributed by atoms with van der Waals surface area (Å²) in [6.07, 6.45) is 3.13. The lowest BCUT2D eigenvalue weighted by Crippen LogP contribution is -2.35. The second-order valence-corrected chi connectivity index (χ2v) is 5.95. The van der Waals surface area contributed by atoms with E-state index in [0.29, 0.717) is 11.3 Å². The van der Waals surface area contributed by atoms with Crippen LogP contribution in [-0.4, -0.2) is 24.3 Å². The van der Waals surface area contributed by atoms with Crippen molar-refractivity contribution in [1.29, 1.82) is 0 Å². The summed E-state index contributed by atoms with van der Waals surface area (Å²) in [5, 5.41) is 9.76. The van der Waals surface area contributed by atoms with E-state index in [9.17, 15) is 9.90 Å². The van der Waals surface area contributed by atoms with E-state index in [1.54, 1.807) is 0 Å². The van der Waals surface area contributed by atoms with Gasteiger partial charge in [0.15, 0.2) is 6.10 Å². The molecule has 1 saturated carbocycles. The first kappa shape index (κ1) is 13.5. The average molecular weight is 228 g/mol. The van der Waals surface area contributed by atoms with Gasteiger partial charge in [-0.05, 0) is 42.9 Å². The van der Waals surface area contributed by atoms with E-state index in [2.05, 4.69) is 25.5 Å². The van der Waals surface area contributed by atoms with Gasteiger partial charge in [-0.1, -0.05) is 20.8 Å². The van der Waals surface area contributed by atoms with Crippen LogP contribution in [0, 0.1) is 17.3 Å². The minimum absolute atomic E-state index is 0.0889. The normalized spacial score (nSPS) is 28.6. The largest absolute Gasteiger partial charge is 0.467 e. The third kappa shape index (κ3) is 3.21. The summed E-state index contributed by atoms with van der Waals surface area (Å²) >= 11 is 0. The van der Waals surface area contributed by atoms with Crippen LogP contribution in [0.25, 0.3) is 0 Å². The zero-order valence-electron chi connectivity index (χ0n) is 10.8. The maximum absolute atomic E-state index is 11.2. The van der Waals surface area contributed by atoms with Crippen LogP contribution >= 0.6 is 0 Å². The summed E-state index contributed by atoms with van der Waals surface area (Å²) in [6.45, 7) is 6.78. The molecule has 3 heteroatoms. The molecular weight excluding hydrogens is 204 g/mol. The third-order valence-corrected chi connectivity index (χ3v) is 3.89. The summed E-state index contributed by atoms with van der Waals surface area (Å²) in [4.78, 5) is 11.2. The highest BCUT2D eigenvalue weighted by Gasteiger charge is 2.34. The zero-order valence-corrected chi connectivity index (χ0v) is 10.8. The molecule has 1 unspecified atom stereocenters. The average Bonchev–Trinajstić information content (AvgIpc) is 2.26. The molecule has 0 saturated heterocycles. The van der Waals surface area contributed by atoms with Crippen LogP contribution in [0.5, 0.6) is 0 Å². The van der Waals surface area contributed by atoms with Crippen LogP contribution < -0.4 is 0 Å². The first-order valence-corrected chi connectivity index (χ1v) is 6.12. The number of aliphatic hydroxyl groups excluding tert-OH is 1. The molecule has 1 fully saturated rings. The van der Waals surface area contributed by atoms with Crippen LogP contribution in [0.15, 0.2) is 0 Å². The molecule has 1 atom stereocenters. The number of methoxy groups -OCH3 is 1. The van der Waals surface area contributed by atoms with E-state index < -0.39 is 12.1 Å². The molecule has 3 nitrogen and oxygen atoms in total. The highest BCUT2D eigenvalue weighted by Crippen LogP contribution is 2.40. The zero-order chi connectivity index (χ0) is 12.3. The smallest absolute Gasteiger partial charge is 0.334 e. The van der Waals surface area contributed by atoms with Gasteiger partial charge in [0.2, 0.25) is 0 Å². The first-order valence-electron chi connectivity index (χ1n) is 6.12. The Hall–Kier alpha value is -0.570. The number of aliphatic hydroxyl groups is 1. The summed E-state index contributed by atoms with van der Waals surface area (Å²) in [6, 6.07) is 0. The molecule has 0 radical (unpaired) electrons. The predicted molar refractivity (Wildman–Crippen MR) is 62.9 cm³/mol. The van der Waals surface area contributed by atoms with E-state index in [1.165, 1.54) is 7.11 Å². The van der Waals surface area contributed by atoms with Crippen LogP contribution in [-0.2, 0) is 9.53 Å². The second kappa shape index (κ2) is 5.17. The topological polar surface area (TPSA) is 46.5 Å². The molecule has 16 heavy (non-hydrogen) atoms. The van der Waals surface area contributed by atoms with Crippen molar-refractivity contribution in [2.75, 3.05) is 7.11 Å². The van der Waals surface area contributed by atoms with Crippen molar-refractivity contribution in [2.45, 2.75) is 52.6 Å². The first-order chi connectivity index (χ1) is 7.36. The fraction of sp³-hybridized carbons (Fsp3) is 0.923. The van der Waals surface area contributed by atoms with Crippen molar-refractivity contribution >= 4 is 5.97 Å². The molecule has 1 rings (SSSR count). The van der Waals surface area contributed by atoms with Crippen LogP contribution in [0.4, 0.5) is 0 Å². The van der Waals surface area contributed by atoms with E-state index in [1.807, 2.05) is 0 Å². The maximum Gasteiger partial charge on any atom is 0.334 e. The van der Waals surface area contributed by atoms with Crippen molar-refractivity contribution < 1.29 is 14.6 Å². The number of carbonyl (C=O) groups is 1. The number of ether oxygens (including phenoxy) is 1. The molecule has 0 aromatic rings. The molecule has 0 bridgehead atoms. The van der Waals surface area contributed by atoms with Gasteiger partial charge in [-0.25, -0.2) is 4.79 Å². The van der Waals surface area contributed by atoms with Gasteiger partial charge in [0.25, 0.3) is 0 Å². The van der Waals surface area contributed by atoms with Crippen molar-refractivity contribution in [3.05, 3.63) is 0 Å². The van der Waals surface area contributed by atoms with Gasteiger partial charge in [0.05, 0.1) is 7.11 Å². The van der Waals surface area contributed by atoms with Crippen molar-refractivity contribution in [1.82, 2.24) is 0 Å². The van der Waals surface area contributed by atoms with E-state index in [4.69, 9.17) is 0 Å². The maximum atomic E-state index is 11.2. The van der Waals surface area contributed by atoms with Crippen molar-refractivity contribution in [3.63, 3.8) is 0 Å². The molecule has 1 N–H and O–H groups in total. The van der Waals surface area contributed by atoms with Gasteiger partial charge >= 0.3 is 5.97 Å². The summed E-state index contributed by atoms with van der Waals surface area (Å²) in [5.74, 6) is 0.304. The molecule has 0 heterocycles.